The molecule has 7 aromatic carbocycles. The smallest absolute Gasteiger partial charge is 0.344 e. The van der Waals surface area contributed by atoms with Gasteiger partial charge in [-0.1, -0.05) is 84.9 Å². The molecule has 10 rings (SSSR count). The van der Waals surface area contributed by atoms with Crippen LogP contribution in [0, 0.1) is 0 Å². The molecule has 0 unspecified atom stereocenters. The third-order valence-electron chi connectivity index (χ3n) is 9.55. The van der Waals surface area contributed by atoms with E-state index in [0.717, 1.165) is 55.1 Å². The van der Waals surface area contributed by atoms with Gasteiger partial charge in [0.1, 0.15) is 5.58 Å². The molecule has 0 aliphatic carbocycles. The van der Waals surface area contributed by atoms with E-state index >= 15 is 0 Å². The van der Waals surface area contributed by atoms with Crippen molar-refractivity contribution in [2.45, 2.75) is 0 Å². The van der Waals surface area contributed by atoms with Crippen LogP contribution in [-0.4, -0.2) is 9.13 Å². The SMILES string of the molecule is O=c1oc2c(ccc3c2c2cc(-c4ccc5c(c4)c4ccccc4n5-c4ccccc4)ccc2n3-c2ccccc2)c2ccccc12. The third kappa shape index (κ3) is 3.73. The van der Waals surface area contributed by atoms with Crippen molar-refractivity contribution in [1.82, 2.24) is 9.13 Å². The highest BCUT2D eigenvalue weighted by Crippen LogP contribution is 2.41. The minimum absolute atomic E-state index is 0.322. The number of benzene rings is 7. The van der Waals surface area contributed by atoms with Gasteiger partial charge >= 0.3 is 5.63 Å². The number of rotatable bonds is 3. The van der Waals surface area contributed by atoms with Crippen LogP contribution in [-0.2, 0) is 0 Å². The van der Waals surface area contributed by atoms with Crippen LogP contribution < -0.4 is 5.63 Å². The van der Waals surface area contributed by atoms with Gasteiger partial charge in [-0.3, -0.25) is 0 Å². The highest BCUT2D eigenvalue weighted by molar-refractivity contribution is 6.23. The molecule has 10 aromatic rings. The van der Waals surface area contributed by atoms with Crippen molar-refractivity contribution in [3.63, 3.8) is 0 Å². The molecule has 0 aliphatic heterocycles. The number of hydrogen-bond acceptors (Lipinski definition) is 2. The summed E-state index contributed by atoms with van der Waals surface area (Å²) in [6.07, 6.45) is 0. The number of aromatic nitrogens is 2. The predicted molar refractivity (Wildman–Crippen MR) is 194 cm³/mol. The minimum Gasteiger partial charge on any atom is -0.422 e. The van der Waals surface area contributed by atoms with Crippen molar-refractivity contribution in [2.75, 3.05) is 0 Å². The molecule has 0 N–H and O–H groups in total. The molecule has 3 aromatic heterocycles. The summed E-state index contributed by atoms with van der Waals surface area (Å²) in [6.45, 7) is 0. The molecule has 0 saturated heterocycles. The summed E-state index contributed by atoms with van der Waals surface area (Å²) in [7, 11) is 0. The first kappa shape index (κ1) is 25.9. The quantitative estimate of drug-likeness (QED) is 0.149. The Morgan fingerprint density at radius 1 is 0.383 bits per heavy atom. The second-order valence-electron chi connectivity index (χ2n) is 12.1. The van der Waals surface area contributed by atoms with E-state index in [2.05, 4.69) is 137 Å². The fraction of sp³-hybridized carbons (Fsp3) is 0. The van der Waals surface area contributed by atoms with Crippen LogP contribution in [0.25, 0.3) is 87.9 Å². The molecule has 0 spiro atoms. The molecule has 0 radical (unpaired) electrons. The van der Waals surface area contributed by atoms with Gasteiger partial charge < -0.3 is 13.6 Å². The lowest BCUT2D eigenvalue weighted by Crippen LogP contribution is -1.99. The van der Waals surface area contributed by atoms with Crippen LogP contribution in [0.1, 0.15) is 0 Å². The van der Waals surface area contributed by atoms with E-state index in [1.54, 1.807) is 0 Å². The summed E-state index contributed by atoms with van der Waals surface area (Å²) in [5.41, 5.74) is 9.12. The van der Waals surface area contributed by atoms with E-state index in [-0.39, 0.29) is 5.63 Å². The zero-order valence-corrected chi connectivity index (χ0v) is 25.2. The molecular formula is C43H26N2O2. The van der Waals surface area contributed by atoms with Gasteiger partial charge in [0.2, 0.25) is 0 Å². The first-order valence-electron chi connectivity index (χ1n) is 15.8. The van der Waals surface area contributed by atoms with Gasteiger partial charge in [0.25, 0.3) is 0 Å². The fourth-order valence-corrected chi connectivity index (χ4v) is 7.48. The van der Waals surface area contributed by atoms with E-state index in [9.17, 15) is 4.79 Å². The van der Waals surface area contributed by atoms with Crippen molar-refractivity contribution >= 4 is 65.4 Å². The molecule has 4 heteroatoms. The van der Waals surface area contributed by atoms with Gasteiger partial charge in [-0.2, -0.15) is 0 Å². The van der Waals surface area contributed by atoms with Crippen molar-refractivity contribution in [3.05, 3.63) is 168 Å². The van der Waals surface area contributed by atoms with Crippen LogP contribution in [0.5, 0.6) is 0 Å². The Morgan fingerprint density at radius 2 is 0.894 bits per heavy atom. The van der Waals surface area contributed by atoms with Crippen molar-refractivity contribution in [1.29, 1.82) is 0 Å². The molecule has 3 heterocycles. The Hall–Kier alpha value is -6.39. The monoisotopic (exact) mass is 602 g/mol. The molecule has 0 saturated carbocycles. The van der Waals surface area contributed by atoms with Crippen LogP contribution in [0.15, 0.2) is 167 Å². The lowest BCUT2D eigenvalue weighted by Gasteiger charge is -2.09. The maximum absolute atomic E-state index is 13.3. The first-order valence-corrected chi connectivity index (χ1v) is 15.8. The predicted octanol–water partition coefficient (Wildman–Crippen LogP) is 10.8. The maximum Gasteiger partial charge on any atom is 0.344 e. The lowest BCUT2D eigenvalue weighted by molar-refractivity contribution is 0.573. The van der Waals surface area contributed by atoms with Gasteiger partial charge in [-0.25, -0.2) is 4.79 Å². The zero-order chi connectivity index (χ0) is 31.1. The molecule has 0 amide bonds. The minimum atomic E-state index is -0.322. The summed E-state index contributed by atoms with van der Waals surface area (Å²) in [5.74, 6) is 0. The average Bonchev–Trinajstić information content (AvgIpc) is 3.65. The Bertz CT molecular complexity index is 2910. The van der Waals surface area contributed by atoms with E-state index in [1.165, 1.54) is 21.8 Å². The zero-order valence-electron chi connectivity index (χ0n) is 25.2. The van der Waals surface area contributed by atoms with Gasteiger partial charge in [0.05, 0.1) is 32.8 Å². The Labute approximate surface area is 268 Å². The molecule has 0 fully saturated rings. The summed E-state index contributed by atoms with van der Waals surface area (Å²) < 4.78 is 10.8. The largest absolute Gasteiger partial charge is 0.422 e. The average molecular weight is 603 g/mol. The third-order valence-corrected chi connectivity index (χ3v) is 9.55. The first-order chi connectivity index (χ1) is 23.2. The van der Waals surface area contributed by atoms with Crippen LogP contribution in [0.2, 0.25) is 0 Å². The highest BCUT2D eigenvalue weighted by Gasteiger charge is 2.20. The number of nitrogens with zero attached hydrogens (tertiary/aromatic N) is 2. The van der Waals surface area contributed by atoms with Gasteiger partial charge in [0, 0.05) is 32.9 Å². The van der Waals surface area contributed by atoms with E-state index in [1.807, 2.05) is 30.3 Å². The van der Waals surface area contributed by atoms with Crippen molar-refractivity contribution in [2.24, 2.45) is 0 Å². The number of hydrogen-bond donors (Lipinski definition) is 0. The molecule has 4 nitrogen and oxygen atoms in total. The Kier molecular flexibility index (Phi) is 5.40. The summed E-state index contributed by atoms with van der Waals surface area (Å²) in [6, 6.07) is 54.8. The topological polar surface area (TPSA) is 40.1 Å². The normalized spacial score (nSPS) is 11.9. The van der Waals surface area contributed by atoms with E-state index in [4.69, 9.17) is 4.42 Å². The van der Waals surface area contributed by atoms with Gasteiger partial charge in [0.15, 0.2) is 0 Å². The molecule has 220 valence electrons. The molecule has 47 heavy (non-hydrogen) atoms. The van der Waals surface area contributed by atoms with Crippen molar-refractivity contribution in [3.8, 4) is 22.5 Å². The van der Waals surface area contributed by atoms with Crippen LogP contribution in [0.3, 0.4) is 0 Å². The maximum atomic E-state index is 13.3. The second kappa shape index (κ2) is 9.80. The fourth-order valence-electron chi connectivity index (χ4n) is 7.48. The summed E-state index contributed by atoms with van der Waals surface area (Å²) in [5, 5.41) is 6.82. The summed E-state index contributed by atoms with van der Waals surface area (Å²) in [4.78, 5) is 13.3. The molecule has 0 bridgehead atoms. The van der Waals surface area contributed by atoms with E-state index in [0.29, 0.717) is 11.0 Å². The number of fused-ring (bicyclic) bond motifs is 10. The van der Waals surface area contributed by atoms with Gasteiger partial charge in [-0.15, -0.1) is 0 Å². The number of para-hydroxylation sites is 3. The van der Waals surface area contributed by atoms with Crippen LogP contribution in [0.4, 0.5) is 0 Å². The summed E-state index contributed by atoms with van der Waals surface area (Å²) >= 11 is 0. The second-order valence-corrected chi connectivity index (χ2v) is 12.1. The molecular weight excluding hydrogens is 576 g/mol. The van der Waals surface area contributed by atoms with Crippen molar-refractivity contribution < 1.29 is 4.42 Å². The lowest BCUT2D eigenvalue weighted by atomic mass is 9.99. The van der Waals surface area contributed by atoms with Gasteiger partial charge in [-0.05, 0) is 89.3 Å². The standard InChI is InChI=1S/C43H26N2O2/c46-43-34-17-8-7-15-31(34)33-21-24-40-41(42(33)47-43)36-26-28(20-23-39(36)45(40)30-13-5-2-6-14-30)27-19-22-38-35(25-27)32-16-9-10-18-37(32)44(38)29-11-3-1-4-12-29/h1-26H. The Balaban J connectivity index is 1.28. The molecule has 0 atom stereocenters. The molecule has 0 aliphatic rings. The highest BCUT2D eigenvalue weighted by atomic mass is 16.4. The Morgan fingerprint density at radius 3 is 1.60 bits per heavy atom. The van der Waals surface area contributed by atoms with E-state index < -0.39 is 0 Å². The van der Waals surface area contributed by atoms with Crippen LogP contribution >= 0.6 is 0 Å².